The standard InChI is InChI=1S/C23H25N5O4S2/c1-16-10-12-17(13-11-16)20(29)24-22-25-26-23(33-22)34(31,32)27-19-9-5-4-8-18(19)21(30)28-14-6-2-3-7-15-28/h4-5,8-13,27H,2-3,6-7,14-15H2,1H3,(H,24,25,29). The minimum Gasteiger partial charge on any atom is -0.339 e. The molecule has 1 saturated heterocycles. The maximum atomic E-state index is 13.1. The predicted molar refractivity (Wildman–Crippen MR) is 131 cm³/mol. The van der Waals surface area contributed by atoms with Crippen molar-refractivity contribution in [1.29, 1.82) is 0 Å². The van der Waals surface area contributed by atoms with Gasteiger partial charge >= 0.3 is 0 Å². The largest absolute Gasteiger partial charge is 0.339 e. The molecule has 1 aliphatic heterocycles. The van der Waals surface area contributed by atoms with E-state index in [1.54, 1.807) is 53.4 Å². The zero-order valence-electron chi connectivity index (χ0n) is 18.7. The van der Waals surface area contributed by atoms with Crippen molar-refractivity contribution < 1.29 is 18.0 Å². The van der Waals surface area contributed by atoms with Gasteiger partial charge in [0.25, 0.3) is 26.2 Å². The highest BCUT2D eigenvalue weighted by Gasteiger charge is 2.25. The number of likely N-dealkylation sites (tertiary alicyclic amines) is 1. The van der Waals surface area contributed by atoms with Gasteiger partial charge in [0, 0.05) is 18.7 Å². The van der Waals surface area contributed by atoms with E-state index in [1.165, 1.54) is 0 Å². The monoisotopic (exact) mass is 499 g/mol. The number of rotatable bonds is 6. The Hall–Kier alpha value is -3.31. The highest BCUT2D eigenvalue weighted by molar-refractivity contribution is 7.94. The van der Waals surface area contributed by atoms with Gasteiger partial charge in [-0.15, -0.1) is 10.2 Å². The molecule has 0 unspecified atom stereocenters. The molecular formula is C23H25N5O4S2. The molecule has 0 bridgehead atoms. The highest BCUT2D eigenvalue weighted by atomic mass is 32.2. The molecule has 0 saturated carbocycles. The number of hydrogen-bond acceptors (Lipinski definition) is 7. The van der Waals surface area contributed by atoms with Crippen LogP contribution < -0.4 is 10.0 Å². The zero-order valence-corrected chi connectivity index (χ0v) is 20.3. The average molecular weight is 500 g/mol. The van der Waals surface area contributed by atoms with Crippen molar-refractivity contribution in [3.63, 3.8) is 0 Å². The first-order valence-electron chi connectivity index (χ1n) is 11.0. The van der Waals surface area contributed by atoms with E-state index in [0.29, 0.717) is 18.7 Å². The van der Waals surface area contributed by atoms with Crippen LogP contribution in [0.15, 0.2) is 52.9 Å². The van der Waals surface area contributed by atoms with Crippen molar-refractivity contribution in [3.05, 3.63) is 65.2 Å². The van der Waals surface area contributed by atoms with Crippen molar-refractivity contribution >= 4 is 44.0 Å². The van der Waals surface area contributed by atoms with Crippen LogP contribution in [0.3, 0.4) is 0 Å². The molecule has 0 spiro atoms. The molecule has 1 aromatic heterocycles. The fourth-order valence-electron chi connectivity index (χ4n) is 3.63. The normalized spacial score (nSPS) is 14.3. The van der Waals surface area contributed by atoms with Gasteiger partial charge in [0.2, 0.25) is 5.13 Å². The van der Waals surface area contributed by atoms with Gasteiger partial charge in [0.1, 0.15) is 0 Å². The summed E-state index contributed by atoms with van der Waals surface area (Å²) in [6, 6.07) is 13.5. The summed E-state index contributed by atoms with van der Waals surface area (Å²) < 4.78 is 28.1. The van der Waals surface area contributed by atoms with Gasteiger partial charge in [0.15, 0.2) is 0 Å². The molecule has 1 fully saturated rings. The number of para-hydroxylation sites is 1. The predicted octanol–water partition coefficient (Wildman–Crippen LogP) is 3.92. The maximum Gasteiger partial charge on any atom is 0.291 e. The average Bonchev–Trinajstić information content (AvgIpc) is 3.13. The first-order chi connectivity index (χ1) is 16.3. The Morgan fingerprint density at radius 2 is 1.62 bits per heavy atom. The lowest BCUT2D eigenvalue weighted by molar-refractivity contribution is 0.0762. The van der Waals surface area contributed by atoms with Gasteiger partial charge in [-0.3, -0.25) is 19.6 Å². The number of amides is 2. The fourth-order valence-corrected chi connectivity index (χ4v) is 5.61. The summed E-state index contributed by atoms with van der Waals surface area (Å²) in [4.78, 5) is 27.3. The minimum atomic E-state index is -4.12. The van der Waals surface area contributed by atoms with E-state index in [2.05, 4.69) is 20.2 Å². The summed E-state index contributed by atoms with van der Waals surface area (Å²) in [5.41, 5.74) is 1.90. The lowest BCUT2D eigenvalue weighted by Gasteiger charge is -2.22. The number of aryl methyl sites for hydroxylation is 1. The smallest absolute Gasteiger partial charge is 0.291 e. The van der Waals surface area contributed by atoms with Crippen molar-refractivity contribution in [2.24, 2.45) is 0 Å². The van der Waals surface area contributed by atoms with Crippen molar-refractivity contribution in [2.75, 3.05) is 23.1 Å². The number of nitrogens with zero attached hydrogens (tertiary/aromatic N) is 3. The number of benzene rings is 2. The van der Waals surface area contributed by atoms with E-state index in [0.717, 1.165) is 42.6 Å². The number of hydrogen-bond donors (Lipinski definition) is 2. The third-order valence-corrected chi connectivity index (χ3v) is 8.04. The minimum absolute atomic E-state index is 0.0554. The second-order valence-corrected chi connectivity index (χ2v) is 10.9. The van der Waals surface area contributed by atoms with E-state index in [4.69, 9.17) is 0 Å². The lowest BCUT2D eigenvalue weighted by Crippen LogP contribution is -2.32. The number of aromatic nitrogens is 2. The second kappa shape index (κ2) is 10.3. The summed E-state index contributed by atoms with van der Waals surface area (Å²) in [5.74, 6) is -0.620. The third kappa shape index (κ3) is 5.60. The molecule has 2 amide bonds. The number of anilines is 2. The number of carbonyl (C=O) groups excluding carboxylic acids is 2. The van der Waals surface area contributed by atoms with Crippen molar-refractivity contribution in [1.82, 2.24) is 15.1 Å². The number of sulfonamides is 1. The first-order valence-corrected chi connectivity index (χ1v) is 13.3. The summed E-state index contributed by atoms with van der Waals surface area (Å²) in [5, 5.41) is 10.1. The van der Waals surface area contributed by atoms with Crippen molar-refractivity contribution in [3.8, 4) is 0 Å². The van der Waals surface area contributed by atoms with Crippen LogP contribution >= 0.6 is 11.3 Å². The molecule has 34 heavy (non-hydrogen) atoms. The summed E-state index contributed by atoms with van der Waals surface area (Å²) in [7, 11) is -4.12. The Bertz CT molecular complexity index is 1280. The van der Waals surface area contributed by atoms with Gasteiger partial charge in [-0.2, -0.15) is 8.42 Å². The quantitative estimate of drug-likeness (QED) is 0.496. The van der Waals surface area contributed by atoms with Gasteiger partial charge in [-0.1, -0.05) is 54.0 Å². The highest BCUT2D eigenvalue weighted by Crippen LogP contribution is 2.26. The Kier molecular flexibility index (Phi) is 7.23. The summed E-state index contributed by atoms with van der Waals surface area (Å²) in [6.07, 6.45) is 4.03. The molecule has 1 aliphatic rings. The van der Waals surface area contributed by atoms with Crippen LogP contribution in [0.1, 0.15) is 52.0 Å². The molecule has 4 rings (SSSR count). The molecule has 9 nitrogen and oxygen atoms in total. The summed E-state index contributed by atoms with van der Waals surface area (Å²) in [6.45, 7) is 3.22. The van der Waals surface area contributed by atoms with Crippen LogP contribution in [0.2, 0.25) is 0 Å². The molecule has 0 radical (unpaired) electrons. The topological polar surface area (TPSA) is 121 Å². The zero-order chi connectivity index (χ0) is 24.1. The third-order valence-electron chi connectivity index (χ3n) is 5.47. The Morgan fingerprint density at radius 3 is 2.32 bits per heavy atom. The molecule has 2 aromatic carbocycles. The van der Waals surface area contributed by atoms with Crippen LogP contribution in [-0.2, 0) is 10.0 Å². The number of carbonyl (C=O) groups is 2. The van der Waals surface area contributed by atoms with E-state index in [-0.39, 0.29) is 26.6 Å². The molecule has 0 atom stereocenters. The lowest BCUT2D eigenvalue weighted by atomic mass is 10.1. The molecule has 2 heterocycles. The van der Waals surface area contributed by atoms with Crippen molar-refractivity contribution in [2.45, 2.75) is 36.9 Å². The van der Waals surface area contributed by atoms with Crippen LogP contribution in [0.5, 0.6) is 0 Å². The van der Waals surface area contributed by atoms with E-state index in [9.17, 15) is 18.0 Å². The van der Waals surface area contributed by atoms with Gasteiger partial charge in [-0.05, 0) is 44.0 Å². The maximum absolute atomic E-state index is 13.1. The van der Waals surface area contributed by atoms with Gasteiger partial charge in [0.05, 0.1) is 11.3 Å². The Labute approximate surface area is 202 Å². The van der Waals surface area contributed by atoms with Crippen LogP contribution in [0, 0.1) is 6.92 Å². The van der Waals surface area contributed by atoms with E-state index < -0.39 is 15.9 Å². The first kappa shape index (κ1) is 23.8. The van der Waals surface area contributed by atoms with Gasteiger partial charge in [-0.25, -0.2) is 0 Å². The molecular weight excluding hydrogens is 474 g/mol. The molecule has 3 aromatic rings. The Morgan fingerprint density at radius 1 is 0.941 bits per heavy atom. The van der Waals surface area contributed by atoms with E-state index >= 15 is 0 Å². The number of nitrogens with one attached hydrogen (secondary N) is 2. The molecule has 178 valence electrons. The fraction of sp³-hybridized carbons (Fsp3) is 0.304. The SMILES string of the molecule is Cc1ccc(C(=O)Nc2nnc(S(=O)(=O)Nc3ccccc3C(=O)N3CCCCCC3)s2)cc1. The van der Waals surface area contributed by atoms with Crippen LogP contribution in [-0.4, -0.2) is 48.4 Å². The molecule has 2 N–H and O–H groups in total. The van der Waals surface area contributed by atoms with Crippen LogP contribution in [0.4, 0.5) is 10.8 Å². The molecule has 11 heteroatoms. The summed E-state index contributed by atoms with van der Waals surface area (Å²) >= 11 is 0.730. The van der Waals surface area contributed by atoms with Crippen LogP contribution in [0.25, 0.3) is 0 Å². The second-order valence-electron chi connectivity index (χ2n) is 8.05. The Balaban J connectivity index is 1.50. The molecule has 0 aliphatic carbocycles. The van der Waals surface area contributed by atoms with Gasteiger partial charge < -0.3 is 4.90 Å². The van der Waals surface area contributed by atoms with E-state index in [1.807, 2.05) is 6.92 Å².